The molecular weight excluding hydrogens is 258 g/mol. The lowest BCUT2D eigenvalue weighted by atomic mass is 10.4. The minimum absolute atomic E-state index is 0.00458. The van der Waals surface area contributed by atoms with E-state index in [1.807, 2.05) is 22.6 Å². The van der Waals surface area contributed by atoms with Crippen molar-refractivity contribution in [2.45, 2.75) is 13.3 Å². The molecule has 0 fully saturated rings. The van der Waals surface area contributed by atoms with Crippen LogP contribution in [0.3, 0.4) is 0 Å². The third-order valence-electron chi connectivity index (χ3n) is 2.94. The zero-order chi connectivity index (χ0) is 14.4. The van der Waals surface area contributed by atoms with E-state index in [0.717, 1.165) is 12.2 Å². The molecule has 0 aliphatic carbocycles. The van der Waals surface area contributed by atoms with E-state index in [-0.39, 0.29) is 13.2 Å². The van der Waals surface area contributed by atoms with Crippen LogP contribution in [0.2, 0.25) is 0 Å². The highest BCUT2D eigenvalue weighted by atomic mass is 16.3. The lowest BCUT2D eigenvalue weighted by Crippen LogP contribution is -2.30. The Hall–Kier alpha value is -1.99. The highest BCUT2D eigenvalue weighted by Gasteiger charge is 2.10. The van der Waals surface area contributed by atoms with Crippen molar-refractivity contribution in [3.05, 3.63) is 30.5 Å². The van der Waals surface area contributed by atoms with Gasteiger partial charge in [-0.1, -0.05) is 6.92 Å². The summed E-state index contributed by atoms with van der Waals surface area (Å²) in [6.45, 7) is 2.87. The van der Waals surface area contributed by atoms with Gasteiger partial charge in [0.15, 0.2) is 0 Å². The van der Waals surface area contributed by atoms with Crippen LogP contribution in [0.25, 0.3) is 5.95 Å². The second-order valence-corrected chi connectivity index (χ2v) is 4.22. The molecule has 108 valence electrons. The Bertz CT molecular complexity index is 537. The lowest BCUT2D eigenvalue weighted by Gasteiger charge is -2.21. The van der Waals surface area contributed by atoms with Gasteiger partial charge in [-0.15, -0.1) is 0 Å². The first-order valence-corrected chi connectivity index (χ1v) is 6.62. The van der Waals surface area contributed by atoms with Gasteiger partial charge in [0.05, 0.1) is 13.2 Å². The molecule has 0 aliphatic heterocycles. The molecule has 0 unspecified atom stereocenters. The molecule has 0 saturated carbocycles. The molecule has 2 aromatic heterocycles. The van der Waals surface area contributed by atoms with Crippen LogP contribution in [-0.2, 0) is 6.42 Å². The number of imidazole rings is 1. The molecule has 7 nitrogen and oxygen atoms in total. The van der Waals surface area contributed by atoms with Crippen molar-refractivity contribution in [1.29, 1.82) is 0 Å². The fourth-order valence-corrected chi connectivity index (χ4v) is 1.99. The normalized spacial score (nSPS) is 10.8. The predicted octanol–water partition coefficient (Wildman–Crippen LogP) is 0.0157. The van der Waals surface area contributed by atoms with Crippen LogP contribution in [0.1, 0.15) is 12.7 Å². The van der Waals surface area contributed by atoms with Gasteiger partial charge in [-0.2, -0.15) is 4.98 Å². The van der Waals surface area contributed by atoms with Crippen LogP contribution >= 0.6 is 0 Å². The van der Waals surface area contributed by atoms with E-state index in [0.29, 0.717) is 24.9 Å². The molecule has 20 heavy (non-hydrogen) atoms. The Balaban J connectivity index is 2.31. The van der Waals surface area contributed by atoms with Gasteiger partial charge in [-0.3, -0.25) is 4.57 Å². The van der Waals surface area contributed by atoms with Crippen molar-refractivity contribution >= 4 is 5.82 Å². The van der Waals surface area contributed by atoms with E-state index >= 15 is 0 Å². The lowest BCUT2D eigenvalue weighted by molar-refractivity contribution is 0.280. The molecule has 0 spiro atoms. The molecule has 0 aliphatic rings. The summed E-state index contributed by atoms with van der Waals surface area (Å²) < 4.78 is 1.83. The summed E-state index contributed by atoms with van der Waals surface area (Å²) in [5.74, 6) is 2.10. The monoisotopic (exact) mass is 277 g/mol. The Morgan fingerprint density at radius 2 is 1.90 bits per heavy atom. The molecule has 0 radical (unpaired) electrons. The molecule has 0 saturated heterocycles. The zero-order valence-electron chi connectivity index (χ0n) is 11.5. The third-order valence-corrected chi connectivity index (χ3v) is 2.94. The van der Waals surface area contributed by atoms with Gasteiger partial charge < -0.3 is 15.1 Å². The minimum Gasteiger partial charge on any atom is -0.395 e. The van der Waals surface area contributed by atoms with E-state index in [2.05, 4.69) is 15.0 Å². The van der Waals surface area contributed by atoms with E-state index in [1.54, 1.807) is 18.5 Å². The first-order chi connectivity index (χ1) is 9.80. The Labute approximate surface area is 117 Å². The number of nitrogens with zero attached hydrogens (tertiary/aromatic N) is 5. The van der Waals surface area contributed by atoms with Gasteiger partial charge in [-0.05, 0) is 6.07 Å². The third kappa shape index (κ3) is 3.12. The fourth-order valence-electron chi connectivity index (χ4n) is 1.99. The first kappa shape index (κ1) is 14.4. The number of anilines is 1. The average molecular weight is 277 g/mol. The van der Waals surface area contributed by atoms with Crippen LogP contribution in [0.4, 0.5) is 5.82 Å². The summed E-state index contributed by atoms with van der Waals surface area (Å²) in [7, 11) is 0. The van der Waals surface area contributed by atoms with Gasteiger partial charge in [0.25, 0.3) is 0 Å². The Morgan fingerprint density at radius 3 is 2.55 bits per heavy atom. The number of hydrogen-bond donors (Lipinski definition) is 2. The molecule has 2 N–H and O–H groups in total. The molecular formula is C13H19N5O2. The van der Waals surface area contributed by atoms with Gasteiger partial charge >= 0.3 is 0 Å². The number of hydrogen-bond acceptors (Lipinski definition) is 6. The summed E-state index contributed by atoms with van der Waals surface area (Å²) in [5, 5.41) is 18.2. The van der Waals surface area contributed by atoms with E-state index in [4.69, 9.17) is 10.2 Å². The quantitative estimate of drug-likeness (QED) is 0.741. The summed E-state index contributed by atoms with van der Waals surface area (Å²) >= 11 is 0. The van der Waals surface area contributed by atoms with Gasteiger partial charge in [-0.25, -0.2) is 9.97 Å². The van der Waals surface area contributed by atoms with E-state index in [1.165, 1.54) is 0 Å². The summed E-state index contributed by atoms with van der Waals surface area (Å²) in [4.78, 5) is 14.8. The number of aryl methyl sites for hydroxylation is 1. The number of aliphatic hydroxyl groups is 2. The van der Waals surface area contributed by atoms with Crippen molar-refractivity contribution < 1.29 is 10.2 Å². The second-order valence-electron chi connectivity index (χ2n) is 4.22. The number of aromatic nitrogens is 4. The summed E-state index contributed by atoms with van der Waals surface area (Å²) in [6.07, 6.45) is 5.99. The standard InChI is InChI=1S/C13H19N5O2/c1-2-11-14-5-6-18(11)13-15-4-3-12(16-13)17(7-9-19)8-10-20/h3-6,19-20H,2,7-10H2,1H3. The van der Waals surface area contributed by atoms with Crippen molar-refractivity contribution in [2.75, 3.05) is 31.2 Å². The van der Waals surface area contributed by atoms with E-state index in [9.17, 15) is 0 Å². The van der Waals surface area contributed by atoms with Crippen molar-refractivity contribution in [3.8, 4) is 5.95 Å². The highest BCUT2D eigenvalue weighted by molar-refractivity contribution is 5.39. The predicted molar refractivity (Wildman–Crippen MR) is 74.9 cm³/mol. The molecule has 2 heterocycles. The van der Waals surface area contributed by atoms with Crippen molar-refractivity contribution in [2.24, 2.45) is 0 Å². The number of rotatable bonds is 7. The van der Waals surface area contributed by atoms with Crippen LogP contribution in [0, 0.1) is 0 Å². The van der Waals surface area contributed by atoms with Crippen LogP contribution in [0.5, 0.6) is 0 Å². The first-order valence-electron chi connectivity index (χ1n) is 6.62. The zero-order valence-corrected chi connectivity index (χ0v) is 11.5. The molecule has 0 atom stereocenters. The van der Waals surface area contributed by atoms with E-state index < -0.39 is 0 Å². The maximum absolute atomic E-state index is 9.08. The second kappa shape index (κ2) is 6.97. The SMILES string of the molecule is CCc1nccn1-c1nccc(N(CCO)CCO)n1. The maximum atomic E-state index is 9.08. The molecule has 7 heteroatoms. The summed E-state index contributed by atoms with van der Waals surface area (Å²) in [6, 6.07) is 1.76. The molecule has 0 aromatic carbocycles. The average Bonchev–Trinajstić information content (AvgIpc) is 2.95. The molecule has 0 bridgehead atoms. The van der Waals surface area contributed by atoms with Crippen LogP contribution < -0.4 is 4.90 Å². The maximum Gasteiger partial charge on any atom is 0.237 e. The highest BCUT2D eigenvalue weighted by Crippen LogP contribution is 2.13. The van der Waals surface area contributed by atoms with Gasteiger partial charge in [0.2, 0.25) is 5.95 Å². The Morgan fingerprint density at radius 1 is 1.15 bits per heavy atom. The molecule has 0 amide bonds. The smallest absolute Gasteiger partial charge is 0.237 e. The summed E-state index contributed by atoms with van der Waals surface area (Å²) in [5.41, 5.74) is 0. The van der Waals surface area contributed by atoms with Crippen molar-refractivity contribution in [3.63, 3.8) is 0 Å². The van der Waals surface area contributed by atoms with Crippen molar-refractivity contribution in [1.82, 2.24) is 19.5 Å². The number of aliphatic hydroxyl groups excluding tert-OH is 2. The van der Waals surface area contributed by atoms with Crippen LogP contribution in [0.15, 0.2) is 24.7 Å². The largest absolute Gasteiger partial charge is 0.395 e. The topological polar surface area (TPSA) is 87.3 Å². The van der Waals surface area contributed by atoms with Gasteiger partial charge in [0, 0.05) is 38.1 Å². The molecule has 2 rings (SSSR count). The van der Waals surface area contributed by atoms with Crippen LogP contribution in [-0.4, -0.2) is 56.0 Å². The Kier molecular flexibility index (Phi) is 5.03. The molecule has 2 aromatic rings. The minimum atomic E-state index is 0.00458. The van der Waals surface area contributed by atoms with Gasteiger partial charge in [0.1, 0.15) is 11.6 Å². The fraction of sp³-hybridized carbons (Fsp3) is 0.462.